The van der Waals surface area contributed by atoms with Crippen LogP contribution in [-0.2, 0) is 4.79 Å². The van der Waals surface area contributed by atoms with Gasteiger partial charge in [0.1, 0.15) is 11.3 Å². The van der Waals surface area contributed by atoms with Crippen molar-refractivity contribution in [1.29, 1.82) is 0 Å². The van der Waals surface area contributed by atoms with Crippen molar-refractivity contribution in [3.8, 4) is 0 Å². The van der Waals surface area contributed by atoms with Crippen LogP contribution in [0.5, 0.6) is 0 Å². The maximum atomic E-state index is 11.6. The summed E-state index contributed by atoms with van der Waals surface area (Å²) in [5.41, 5.74) is 0.858. The van der Waals surface area contributed by atoms with Crippen molar-refractivity contribution in [3.05, 3.63) is 36.1 Å². The van der Waals surface area contributed by atoms with Crippen molar-refractivity contribution >= 4 is 22.8 Å². The lowest BCUT2D eigenvalue weighted by Crippen LogP contribution is -2.43. The van der Waals surface area contributed by atoms with Gasteiger partial charge in [-0.3, -0.25) is 9.79 Å². The van der Waals surface area contributed by atoms with Crippen LogP contribution in [-0.4, -0.2) is 44.5 Å². The van der Waals surface area contributed by atoms with Gasteiger partial charge in [0.05, 0.1) is 12.6 Å². The number of furan rings is 1. The third-order valence-corrected chi connectivity index (χ3v) is 3.35. The molecule has 1 amide bonds. The summed E-state index contributed by atoms with van der Waals surface area (Å²) >= 11 is 0. The molecule has 6 nitrogen and oxygen atoms in total. The first kappa shape index (κ1) is 15.9. The molecular formula is C16H22N4O2. The number of rotatable bonds is 4. The van der Waals surface area contributed by atoms with E-state index in [4.69, 9.17) is 4.42 Å². The molecular weight excluding hydrogens is 280 g/mol. The zero-order valence-corrected chi connectivity index (χ0v) is 13.4. The van der Waals surface area contributed by atoms with Gasteiger partial charge in [-0.2, -0.15) is 0 Å². The van der Waals surface area contributed by atoms with Gasteiger partial charge >= 0.3 is 0 Å². The van der Waals surface area contributed by atoms with Crippen LogP contribution >= 0.6 is 0 Å². The van der Waals surface area contributed by atoms with E-state index in [0.717, 1.165) is 16.7 Å². The molecule has 0 saturated heterocycles. The lowest BCUT2D eigenvalue weighted by Gasteiger charge is -2.17. The Hall–Kier alpha value is -2.50. The Labute approximate surface area is 130 Å². The number of hydrogen-bond donors (Lipinski definition) is 2. The van der Waals surface area contributed by atoms with Crippen molar-refractivity contribution in [2.75, 3.05) is 27.7 Å². The molecule has 1 atom stereocenters. The first-order valence-electron chi connectivity index (χ1n) is 7.17. The monoisotopic (exact) mass is 302 g/mol. The first-order chi connectivity index (χ1) is 10.5. The topological polar surface area (TPSA) is 69.9 Å². The van der Waals surface area contributed by atoms with Crippen molar-refractivity contribution in [2.24, 2.45) is 4.99 Å². The highest BCUT2D eigenvalue weighted by atomic mass is 16.3. The van der Waals surface area contributed by atoms with Crippen LogP contribution < -0.4 is 10.6 Å². The van der Waals surface area contributed by atoms with Crippen LogP contribution in [0.15, 0.2) is 39.7 Å². The molecule has 0 aliphatic rings. The maximum absolute atomic E-state index is 11.6. The van der Waals surface area contributed by atoms with Gasteiger partial charge < -0.3 is 20.0 Å². The normalized spacial score (nSPS) is 13.0. The molecule has 2 N–H and O–H groups in total. The highest BCUT2D eigenvalue weighted by Crippen LogP contribution is 2.23. The molecule has 2 aromatic rings. The highest BCUT2D eigenvalue weighted by Gasteiger charge is 2.13. The Morgan fingerprint density at radius 1 is 1.36 bits per heavy atom. The lowest BCUT2D eigenvalue weighted by atomic mass is 10.2. The summed E-state index contributed by atoms with van der Waals surface area (Å²) in [4.78, 5) is 17.3. The molecule has 0 saturated carbocycles. The molecule has 6 heteroatoms. The number of guanidine groups is 1. The van der Waals surface area contributed by atoms with E-state index < -0.39 is 0 Å². The molecule has 0 aliphatic carbocycles. The number of nitrogens with zero attached hydrogens (tertiary/aromatic N) is 2. The Kier molecular flexibility index (Phi) is 5.04. The molecule has 1 aromatic carbocycles. The Bertz CT molecular complexity index is 643. The number of nitrogens with one attached hydrogen (secondary N) is 2. The van der Waals surface area contributed by atoms with E-state index in [-0.39, 0.29) is 18.5 Å². The number of carbonyl (C=O) groups excluding carboxylic acids is 1. The molecule has 0 spiro atoms. The minimum absolute atomic E-state index is 0.0145. The van der Waals surface area contributed by atoms with E-state index in [9.17, 15) is 4.79 Å². The minimum Gasteiger partial charge on any atom is -0.459 e. The van der Waals surface area contributed by atoms with Crippen molar-refractivity contribution < 1.29 is 9.21 Å². The highest BCUT2D eigenvalue weighted by molar-refractivity contribution is 5.86. The second-order valence-corrected chi connectivity index (χ2v) is 5.27. The van der Waals surface area contributed by atoms with Gasteiger partial charge in [-0.1, -0.05) is 18.2 Å². The van der Waals surface area contributed by atoms with Crippen LogP contribution in [0.1, 0.15) is 18.7 Å². The third kappa shape index (κ3) is 3.78. The van der Waals surface area contributed by atoms with Gasteiger partial charge in [-0.05, 0) is 19.1 Å². The summed E-state index contributed by atoms with van der Waals surface area (Å²) in [6, 6.07) is 9.82. The smallest absolute Gasteiger partial charge is 0.241 e. The SMILES string of the molecule is CN=C(NCC(=O)N(C)C)NC(C)c1cc2ccccc2o1. The van der Waals surface area contributed by atoms with Crippen molar-refractivity contribution in [3.63, 3.8) is 0 Å². The van der Waals surface area contributed by atoms with E-state index in [1.165, 1.54) is 4.90 Å². The van der Waals surface area contributed by atoms with Crippen LogP contribution in [0.3, 0.4) is 0 Å². The molecule has 0 bridgehead atoms. The predicted octanol–water partition coefficient (Wildman–Crippen LogP) is 1.75. The van der Waals surface area contributed by atoms with E-state index >= 15 is 0 Å². The van der Waals surface area contributed by atoms with Gasteiger partial charge in [0.2, 0.25) is 5.91 Å². The molecule has 118 valence electrons. The third-order valence-electron chi connectivity index (χ3n) is 3.35. The fourth-order valence-corrected chi connectivity index (χ4v) is 2.00. The molecule has 22 heavy (non-hydrogen) atoms. The second-order valence-electron chi connectivity index (χ2n) is 5.27. The number of amides is 1. The maximum Gasteiger partial charge on any atom is 0.241 e. The number of para-hydroxylation sites is 1. The number of benzene rings is 1. The predicted molar refractivity (Wildman–Crippen MR) is 87.8 cm³/mol. The number of likely N-dealkylation sites (N-methyl/N-ethyl adjacent to an activating group) is 1. The molecule has 1 aromatic heterocycles. The Morgan fingerprint density at radius 2 is 2.09 bits per heavy atom. The largest absolute Gasteiger partial charge is 0.459 e. The standard InChI is InChI=1S/C16H22N4O2/c1-11(14-9-12-7-5-6-8-13(12)22-14)19-16(17-2)18-10-15(21)20(3)4/h5-9,11H,10H2,1-4H3,(H2,17,18,19). The van der Waals surface area contributed by atoms with Gasteiger partial charge in [0.25, 0.3) is 0 Å². The van der Waals surface area contributed by atoms with E-state index in [1.54, 1.807) is 21.1 Å². The quantitative estimate of drug-likeness (QED) is 0.667. The van der Waals surface area contributed by atoms with Crippen LogP contribution in [0.25, 0.3) is 11.0 Å². The molecule has 1 heterocycles. The van der Waals surface area contributed by atoms with Crippen molar-refractivity contribution in [1.82, 2.24) is 15.5 Å². The van der Waals surface area contributed by atoms with Crippen molar-refractivity contribution in [2.45, 2.75) is 13.0 Å². The average molecular weight is 302 g/mol. The van der Waals surface area contributed by atoms with Gasteiger partial charge in [0, 0.05) is 26.5 Å². The first-order valence-corrected chi connectivity index (χ1v) is 7.17. The van der Waals surface area contributed by atoms with Gasteiger partial charge in [-0.25, -0.2) is 0 Å². The summed E-state index contributed by atoms with van der Waals surface area (Å²) in [5, 5.41) is 7.27. The van der Waals surface area contributed by atoms with Gasteiger partial charge in [-0.15, -0.1) is 0 Å². The summed E-state index contributed by atoms with van der Waals surface area (Å²) in [7, 11) is 5.11. The number of fused-ring (bicyclic) bond motifs is 1. The minimum atomic E-state index is -0.0620. The van der Waals surface area contributed by atoms with Crippen LogP contribution in [0.4, 0.5) is 0 Å². The molecule has 1 unspecified atom stereocenters. The van der Waals surface area contributed by atoms with Crippen LogP contribution in [0, 0.1) is 0 Å². The fraction of sp³-hybridized carbons (Fsp3) is 0.375. The average Bonchev–Trinajstić information content (AvgIpc) is 2.94. The zero-order chi connectivity index (χ0) is 16.1. The summed E-state index contributed by atoms with van der Waals surface area (Å²) in [5.74, 6) is 1.37. The summed E-state index contributed by atoms with van der Waals surface area (Å²) in [6.45, 7) is 2.18. The summed E-state index contributed by atoms with van der Waals surface area (Å²) < 4.78 is 5.82. The Morgan fingerprint density at radius 3 is 2.73 bits per heavy atom. The second kappa shape index (κ2) is 6.98. The lowest BCUT2D eigenvalue weighted by molar-refractivity contribution is -0.127. The molecule has 0 fully saturated rings. The van der Waals surface area contributed by atoms with Crippen LogP contribution in [0.2, 0.25) is 0 Å². The molecule has 2 rings (SSSR count). The molecule has 0 radical (unpaired) electrons. The van der Waals surface area contributed by atoms with E-state index in [0.29, 0.717) is 5.96 Å². The summed E-state index contributed by atoms with van der Waals surface area (Å²) in [6.07, 6.45) is 0. The Balaban J connectivity index is 2.00. The van der Waals surface area contributed by atoms with Gasteiger partial charge in [0.15, 0.2) is 5.96 Å². The molecule has 0 aliphatic heterocycles. The van der Waals surface area contributed by atoms with E-state index in [1.807, 2.05) is 37.3 Å². The fourth-order valence-electron chi connectivity index (χ4n) is 2.00. The number of aliphatic imine (C=N–C) groups is 1. The van der Waals surface area contributed by atoms with E-state index in [2.05, 4.69) is 15.6 Å². The number of hydrogen-bond acceptors (Lipinski definition) is 3. The zero-order valence-electron chi connectivity index (χ0n) is 13.4. The number of carbonyl (C=O) groups is 1.